The highest BCUT2D eigenvalue weighted by Gasteiger charge is 2.31. The van der Waals surface area contributed by atoms with Gasteiger partial charge in [-0.2, -0.15) is 0 Å². The highest BCUT2D eigenvalue weighted by atomic mass is 79.9. The zero-order valence-corrected chi connectivity index (χ0v) is 13.6. The van der Waals surface area contributed by atoms with Crippen LogP contribution in [0.1, 0.15) is 38.2 Å². The Morgan fingerprint density at radius 1 is 1.35 bits per heavy atom. The Kier molecular flexibility index (Phi) is 5.58. The van der Waals surface area contributed by atoms with E-state index in [1.165, 1.54) is 6.07 Å². The summed E-state index contributed by atoms with van der Waals surface area (Å²) >= 11 is 3.26. The summed E-state index contributed by atoms with van der Waals surface area (Å²) in [5.74, 6) is -0.234. The first kappa shape index (κ1) is 15.9. The fourth-order valence-corrected chi connectivity index (χ4v) is 3.30. The van der Waals surface area contributed by atoms with Crippen molar-refractivity contribution in [3.05, 3.63) is 34.1 Å². The molecule has 1 heterocycles. The van der Waals surface area contributed by atoms with E-state index in [2.05, 4.69) is 27.8 Å². The first-order chi connectivity index (χ1) is 9.52. The molecule has 0 amide bonds. The third-order valence-electron chi connectivity index (χ3n) is 4.08. The van der Waals surface area contributed by atoms with Gasteiger partial charge in [0.05, 0.1) is 5.60 Å². The van der Waals surface area contributed by atoms with Crippen molar-refractivity contribution >= 4 is 15.9 Å². The molecule has 20 heavy (non-hydrogen) atoms. The highest BCUT2D eigenvalue weighted by molar-refractivity contribution is 9.10. The topological polar surface area (TPSA) is 23.5 Å². The standard InChI is InChI=1S/C16H23BrFNO/c1-2-8-19-9-3-6-16(20,7-10-19)12-13-4-5-14(17)11-15(13)18/h4-5,11,20H,2-3,6-10,12H2,1H3. The Labute approximate surface area is 129 Å². The van der Waals surface area contributed by atoms with Crippen molar-refractivity contribution in [3.63, 3.8) is 0 Å². The fraction of sp³-hybridized carbons (Fsp3) is 0.625. The van der Waals surface area contributed by atoms with Gasteiger partial charge in [0.25, 0.3) is 0 Å². The van der Waals surface area contributed by atoms with Crippen molar-refractivity contribution in [1.82, 2.24) is 4.90 Å². The minimum Gasteiger partial charge on any atom is -0.389 e. The molecule has 0 bridgehead atoms. The quantitative estimate of drug-likeness (QED) is 0.899. The van der Waals surface area contributed by atoms with Crippen LogP contribution >= 0.6 is 15.9 Å². The second kappa shape index (κ2) is 7.01. The molecule has 0 radical (unpaired) electrons. The molecule has 1 saturated heterocycles. The molecule has 4 heteroatoms. The molecule has 1 N–H and O–H groups in total. The summed E-state index contributed by atoms with van der Waals surface area (Å²) in [5, 5.41) is 10.8. The second-order valence-corrected chi connectivity index (χ2v) is 6.75. The largest absolute Gasteiger partial charge is 0.389 e. The van der Waals surface area contributed by atoms with Crippen LogP contribution in [0.25, 0.3) is 0 Å². The number of hydrogen-bond donors (Lipinski definition) is 1. The molecule has 1 aliphatic rings. The van der Waals surface area contributed by atoms with Crippen LogP contribution in [-0.2, 0) is 6.42 Å². The summed E-state index contributed by atoms with van der Waals surface area (Å²) in [5.41, 5.74) is -0.156. The van der Waals surface area contributed by atoms with Crippen molar-refractivity contribution in [1.29, 1.82) is 0 Å². The number of benzene rings is 1. The maximum atomic E-state index is 13.9. The van der Waals surface area contributed by atoms with E-state index in [9.17, 15) is 9.50 Å². The van der Waals surface area contributed by atoms with Gasteiger partial charge in [-0.05, 0) is 56.5 Å². The predicted molar refractivity (Wildman–Crippen MR) is 83.3 cm³/mol. The van der Waals surface area contributed by atoms with Gasteiger partial charge in [0.15, 0.2) is 0 Å². The lowest BCUT2D eigenvalue weighted by Crippen LogP contribution is -2.34. The van der Waals surface area contributed by atoms with E-state index in [0.29, 0.717) is 12.0 Å². The van der Waals surface area contributed by atoms with E-state index >= 15 is 0 Å². The Hall–Kier alpha value is -0.450. The van der Waals surface area contributed by atoms with Gasteiger partial charge in [-0.3, -0.25) is 0 Å². The van der Waals surface area contributed by atoms with E-state index in [-0.39, 0.29) is 5.82 Å². The number of nitrogens with zero attached hydrogens (tertiary/aromatic N) is 1. The lowest BCUT2D eigenvalue weighted by atomic mass is 9.87. The lowest BCUT2D eigenvalue weighted by Gasteiger charge is -2.27. The molecule has 1 aromatic carbocycles. The number of likely N-dealkylation sites (tertiary alicyclic amines) is 1. The van der Waals surface area contributed by atoms with E-state index in [1.54, 1.807) is 6.07 Å². The first-order valence-electron chi connectivity index (χ1n) is 7.41. The maximum absolute atomic E-state index is 13.9. The molecule has 112 valence electrons. The summed E-state index contributed by atoms with van der Waals surface area (Å²) in [4.78, 5) is 2.40. The molecule has 1 aliphatic heterocycles. The average Bonchev–Trinajstić information content (AvgIpc) is 2.57. The van der Waals surface area contributed by atoms with Gasteiger partial charge >= 0.3 is 0 Å². The minimum absolute atomic E-state index is 0.234. The van der Waals surface area contributed by atoms with E-state index in [4.69, 9.17) is 0 Å². The molecule has 0 aliphatic carbocycles. The van der Waals surface area contributed by atoms with Crippen LogP contribution in [0.4, 0.5) is 4.39 Å². The molecule has 0 saturated carbocycles. The van der Waals surface area contributed by atoms with Crippen LogP contribution in [0, 0.1) is 5.82 Å². The van der Waals surface area contributed by atoms with Crippen LogP contribution in [0.15, 0.2) is 22.7 Å². The van der Waals surface area contributed by atoms with Gasteiger partial charge in [0.1, 0.15) is 5.82 Å². The summed E-state index contributed by atoms with van der Waals surface area (Å²) in [6.45, 7) is 5.21. The Bertz CT molecular complexity index is 454. The van der Waals surface area contributed by atoms with Gasteiger partial charge in [-0.15, -0.1) is 0 Å². The molecule has 1 atom stereocenters. The van der Waals surface area contributed by atoms with Crippen molar-refractivity contribution in [3.8, 4) is 0 Å². The monoisotopic (exact) mass is 343 g/mol. The SMILES string of the molecule is CCCN1CCCC(O)(Cc2ccc(Br)cc2F)CC1. The zero-order chi connectivity index (χ0) is 14.6. The third kappa shape index (κ3) is 4.27. The molecular weight excluding hydrogens is 321 g/mol. The number of rotatable bonds is 4. The van der Waals surface area contributed by atoms with Crippen LogP contribution in [0.5, 0.6) is 0 Å². The predicted octanol–water partition coefficient (Wildman–Crippen LogP) is 3.76. The van der Waals surface area contributed by atoms with Crippen LogP contribution < -0.4 is 0 Å². The summed E-state index contributed by atoms with van der Waals surface area (Å²) in [6.07, 6.45) is 4.01. The summed E-state index contributed by atoms with van der Waals surface area (Å²) in [7, 11) is 0. The van der Waals surface area contributed by atoms with Crippen LogP contribution in [0.2, 0.25) is 0 Å². The second-order valence-electron chi connectivity index (χ2n) is 5.83. The first-order valence-corrected chi connectivity index (χ1v) is 8.20. The Morgan fingerprint density at radius 3 is 2.85 bits per heavy atom. The number of aliphatic hydroxyl groups is 1. The lowest BCUT2D eigenvalue weighted by molar-refractivity contribution is 0.0249. The van der Waals surface area contributed by atoms with Crippen molar-refractivity contribution in [2.75, 3.05) is 19.6 Å². The molecule has 0 aromatic heterocycles. The molecule has 1 aromatic rings. The van der Waals surface area contributed by atoms with Gasteiger partial charge in [0, 0.05) is 17.4 Å². The molecular formula is C16H23BrFNO. The molecule has 2 nitrogen and oxygen atoms in total. The van der Waals surface area contributed by atoms with Crippen molar-refractivity contribution < 1.29 is 9.50 Å². The van der Waals surface area contributed by atoms with E-state index in [0.717, 1.165) is 49.8 Å². The molecule has 0 spiro atoms. The summed E-state index contributed by atoms with van der Waals surface area (Å²) in [6, 6.07) is 5.08. The molecule has 1 fully saturated rings. The maximum Gasteiger partial charge on any atom is 0.127 e. The van der Waals surface area contributed by atoms with Crippen LogP contribution in [-0.4, -0.2) is 35.2 Å². The molecule has 1 unspecified atom stereocenters. The summed E-state index contributed by atoms with van der Waals surface area (Å²) < 4.78 is 14.7. The average molecular weight is 344 g/mol. The van der Waals surface area contributed by atoms with Crippen molar-refractivity contribution in [2.45, 2.75) is 44.6 Å². The van der Waals surface area contributed by atoms with E-state index < -0.39 is 5.60 Å². The molecule has 2 rings (SSSR count). The van der Waals surface area contributed by atoms with Crippen LogP contribution in [0.3, 0.4) is 0 Å². The minimum atomic E-state index is -0.767. The third-order valence-corrected chi connectivity index (χ3v) is 4.58. The normalized spacial score (nSPS) is 24.6. The number of halogens is 2. The smallest absolute Gasteiger partial charge is 0.127 e. The van der Waals surface area contributed by atoms with Crippen molar-refractivity contribution in [2.24, 2.45) is 0 Å². The van der Waals surface area contributed by atoms with Gasteiger partial charge in [-0.25, -0.2) is 4.39 Å². The van der Waals surface area contributed by atoms with Gasteiger partial charge < -0.3 is 10.0 Å². The van der Waals surface area contributed by atoms with Gasteiger partial charge in [-0.1, -0.05) is 28.9 Å². The Morgan fingerprint density at radius 2 is 2.15 bits per heavy atom. The van der Waals surface area contributed by atoms with E-state index in [1.807, 2.05) is 6.07 Å². The number of hydrogen-bond acceptors (Lipinski definition) is 2. The highest BCUT2D eigenvalue weighted by Crippen LogP contribution is 2.28. The fourth-order valence-electron chi connectivity index (χ4n) is 2.97. The Balaban J connectivity index is 2.03. The zero-order valence-electron chi connectivity index (χ0n) is 12.0. The van der Waals surface area contributed by atoms with Gasteiger partial charge in [0.2, 0.25) is 0 Å².